The van der Waals surface area contributed by atoms with E-state index in [-0.39, 0.29) is 29.9 Å². The molecule has 0 bridgehead atoms. The van der Waals surface area contributed by atoms with Gasteiger partial charge in [-0.25, -0.2) is 0 Å². The van der Waals surface area contributed by atoms with Crippen molar-refractivity contribution in [2.24, 2.45) is 10.9 Å². The molecule has 1 aromatic rings. The lowest BCUT2D eigenvalue weighted by molar-refractivity contribution is -0.121. The molecular formula is C20H33IN4O2. The highest BCUT2D eigenvalue weighted by Gasteiger charge is 2.22. The van der Waals surface area contributed by atoms with Crippen LogP contribution in [0.2, 0.25) is 0 Å². The van der Waals surface area contributed by atoms with Crippen molar-refractivity contribution in [3.63, 3.8) is 0 Å². The maximum absolute atomic E-state index is 11.5. The van der Waals surface area contributed by atoms with Crippen LogP contribution in [-0.2, 0) is 11.2 Å². The van der Waals surface area contributed by atoms with Gasteiger partial charge in [0.25, 0.3) is 0 Å². The normalized spacial score (nSPS) is 15.1. The Labute approximate surface area is 180 Å². The monoisotopic (exact) mass is 488 g/mol. The Morgan fingerprint density at radius 3 is 2.70 bits per heavy atom. The predicted octanol–water partition coefficient (Wildman–Crippen LogP) is 2.67. The topological polar surface area (TPSA) is 66.0 Å². The van der Waals surface area contributed by atoms with Gasteiger partial charge in [0.2, 0.25) is 5.91 Å². The number of piperidine rings is 1. The van der Waals surface area contributed by atoms with Crippen LogP contribution in [0.4, 0.5) is 0 Å². The Balaban J connectivity index is 0.00000364. The Hall–Kier alpha value is -1.51. The minimum atomic E-state index is 0. The number of ether oxygens (including phenoxy) is 1. The molecule has 1 heterocycles. The van der Waals surface area contributed by atoms with Gasteiger partial charge >= 0.3 is 0 Å². The first-order valence-electron chi connectivity index (χ1n) is 9.54. The summed E-state index contributed by atoms with van der Waals surface area (Å²) in [5.41, 5.74) is 1.25. The third kappa shape index (κ3) is 7.94. The van der Waals surface area contributed by atoms with E-state index in [9.17, 15) is 4.79 Å². The molecule has 1 fully saturated rings. The molecule has 2 N–H and O–H groups in total. The number of aliphatic imine (C=N–C) groups is 1. The number of hydrogen-bond donors (Lipinski definition) is 2. The summed E-state index contributed by atoms with van der Waals surface area (Å²) in [6.07, 6.45) is 3.62. The number of benzene rings is 1. The second kappa shape index (κ2) is 12.8. The number of rotatable bonds is 7. The molecule has 1 aliphatic heterocycles. The Bertz CT molecular complexity index is 601. The van der Waals surface area contributed by atoms with Crippen molar-refractivity contribution in [3.8, 4) is 5.75 Å². The highest BCUT2D eigenvalue weighted by Crippen LogP contribution is 2.20. The molecule has 7 heteroatoms. The molecule has 1 aromatic carbocycles. The van der Waals surface area contributed by atoms with E-state index in [2.05, 4.69) is 32.7 Å². The molecule has 2 rings (SSSR count). The van der Waals surface area contributed by atoms with E-state index in [4.69, 9.17) is 4.74 Å². The fourth-order valence-corrected chi connectivity index (χ4v) is 3.32. The van der Waals surface area contributed by atoms with Crippen LogP contribution in [0.5, 0.6) is 5.75 Å². The average molecular weight is 488 g/mol. The van der Waals surface area contributed by atoms with Crippen molar-refractivity contribution in [2.75, 3.05) is 40.3 Å². The van der Waals surface area contributed by atoms with Crippen molar-refractivity contribution in [1.29, 1.82) is 0 Å². The summed E-state index contributed by atoms with van der Waals surface area (Å²) in [5, 5.41) is 6.18. The van der Waals surface area contributed by atoms with Crippen LogP contribution >= 0.6 is 24.0 Å². The molecule has 27 heavy (non-hydrogen) atoms. The zero-order valence-electron chi connectivity index (χ0n) is 16.7. The molecule has 1 amide bonds. The SMILES string of the molecule is CCOc1cccc(CCNC(=NC)N2CCC(CC(=O)NC)CC2)c1.I. The summed E-state index contributed by atoms with van der Waals surface area (Å²) in [5.74, 6) is 2.49. The first-order valence-corrected chi connectivity index (χ1v) is 9.54. The second-order valence-electron chi connectivity index (χ2n) is 6.61. The molecule has 0 spiro atoms. The Morgan fingerprint density at radius 2 is 2.07 bits per heavy atom. The van der Waals surface area contributed by atoms with Crippen LogP contribution in [0.3, 0.4) is 0 Å². The summed E-state index contributed by atoms with van der Waals surface area (Å²) in [4.78, 5) is 18.2. The van der Waals surface area contributed by atoms with Crippen LogP contribution in [0.15, 0.2) is 29.3 Å². The van der Waals surface area contributed by atoms with Crippen molar-refractivity contribution in [2.45, 2.75) is 32.6 Å². The number of carbonyl (C=O) groups excluding carboxylic acids is 1. The zero-order chi connectivity index (χ0) is 18.8. The van der Waals surface area contributed by atoms with Crippen molar-refractivity contribution in [3.05, 3.63) is 29.8 Å². The van der Waals surface area contributed by atoms with E-state index in [1.54, 1.807) is 7.05 Å². The number of carbonyl (C=O) groups is 1. The van der Waals surface area contributed by atoms with E-state index in [1.165, 1.54) is 5.56 Å². The fraction of sp³-hybridized carbons (Fsp3) is 0.600. The third-order valence-corrected chi connectivity index (χ3v) is 4.79. The molecule has 6 nitrogen and oxygen atoms in total. The average Bonchev–Trinajstić information content (AvgIpc) is 2.66. The third-order valence-electron chi connectivity index (χ3n) is 4.79. The molecule has 1 saturated heterocycles. The molecule has 0 radical (unpaired) electrons. The Kier molecular flexibility index (Phi) is 11.2. The lowest BCUT2D eigenvalue weighted by Crippen LogP contribution is -2.46. The Morgan fingerprint density at radius 1 is 1.33 bits per heavy atom. The summed E-state index contributed by atoms with van der Waals surface area (Å²) in [6, 6.07) is 8.24. The quantitative estimate of drug-likeness (QED) is 0.352. The first-order chi connectivity index (χ1) is 12.7. The van der Waals surface area contributed by atoms with Crippen LogP contribution < -0.4 is 15.4 Å². The standard InChI is InChI=1S/C20H32N4O2.HI/c1-4-26-18-7-5-6-16(14-18)8-11-23-20(22-3)24-12-9-17(10-13-24)15-19(25)21-2;/h5-7,14,17H,4,8-13,15H2,1-3H3,(H,21,25)(H,22,23);1H. The molecule has 0 aliphatic carbocycles. The van der Waals surface area contributed by atoms with Gasteiger partial charge in [-0.05, 0) is 49.8 Å². The van der Waals surface area contributed by atoms with Crippen molar-refractivity contribution in [1.82, 2.24) is 15.5 Å². The van der Waals surface area contributed by atoms with Crippen LogP contribution in [0.25, 0.3) is 0 Å². The number of halogens is 1. The van der Waals surface area contributed by atoms with Crippen LogP contribution in [-0.4, -0.2) is 57.1 Å². The summed E-state index contributed by atoms with van der Waals surface area (Å²) in [7, 11) is 3.53. The predicted molar refractivity (Wildman–Crippen MR) is 121 cm³/mol. The molecule has 1 aliphatic rings. The lowest BCUT2D eigenvalue weighted by Gasteiger charge is -2.34. The fourth-order valence-electron chi connectivity index (χ4n) is 3.32. The van der Waals surface area contributed by atoms with Gasteiger partial charge < -0.3 is 20.3 Å². The van der Waals surface area contributed by atoms with E-state index >= 15 is 0 Å². The molecule has 0 unspecified atom stereocenters. The van der Waals surface area contributed by atoms with E-state index in [0.717, 1.165) is 50.6 Å². The van der Waals surface area contributed by atoms with Gasteiger partial charge in [0.15, 0.2) is 5.96 Å². The highest BCUT2D eigenvalue weighted by atomic mass is 127. The van der Waals surface area contributed by atoms with Gasteiger partial charge in [-0.2, -0.15) is 0 Å². The molecule has 0 saturated carbocycles. The van der Waals surface area contributed by atoms with Gasteiger partial charge in [0.1, 0.15) is 5.75 Å². The largest absolute Gasteiger partial charge is 0.494 e. The highest BCUT2D eigenvalue weighted by molar-refractivity contribution is 14.0. The van der Waals surface area contributed by atoms with Gasteiger partial charge in [-0.1, -0.05) is 12.1 Å². The number of hydrogen-bond acceptors (Lipinski definition) is 3. The minimum Gasteiger partial charge on any atom is -0.494 e. The zero-order valence-corrected chi connectivity index (χ0v) is 19.0. The summed E-state index contributed by atoms with van der Waals surface area (Å²) >= 11 is 0. The van der Waals surface area contributed by atoms with E-state index < -0.39 is 0 Å². The molecular weight excluding hydrogens is 455 g/mol. The van der Waals surface area contributed by atoms with E-state index in [0.29, 0.717) is 18.9 Å². The number of nitrogens with zero attached hydrogens (tertiary/aromatic N) is 2. The maximum atomic E-state index is 11.5. The van der Waals surface area contributed by atoms with Gasteiger partial charge in [0, 0.05) is 40.2 Å². The smallest absolute Gasteiger partial charge is 0.220 e. The van der Waals surface area contributed by atoms with Crippen molar-refractivity contribution >= 4 is 35.8 Å². The van der Waals surface area contributed by atoms with Crippen LogP contribution in [0.1, 0.15) is 31.7 Å². The molecule has 0 aromatic heterocycles. The maximum Gasteiger partial charge on any atom is 0.220 e. The summed E-state index contributed by atoms with van der Waals surface area (Å²) in [6.45, 7) is 5.41. The van der Waals surface area contributed by atoms with E-state index in [1.807, 2.05) is 26.1 Å². The van der Waals surface area contributed by atoms with Gasteiger partial charge in [-0.3, -0.25) is 9.79 Å². The molecule has 152 valence electrons. The number of guanidine groups is 1. The van der Waals surface area contributed by atoms with Gasteiger partial charge in [-0.15, -0.1) is 24.0 Å². The second-order valence-corrected chi connectivity index (χ2v) is 6.61. The summed E-state index contributed by atoms with van der Waals surface area (Å²) < 4.78 is 5.56. The first kappa shape index (κ1) is 23.5. The van der Waals surface area contributed by atoms with Crippen LogP contribution in [0, 0.1) is 5.92 Å². The number of nitrogens with one attached hydrogen (secondary N) is 2. The number of amides is 1. The lowest BCUT2D eigenvalue weighted by atomic mass is 9.93. The van der Waals surface area contributed by atoms with Gasteiger partial charge in [0.05, 0.1) is 6.61 Å². The number of likely N-dealkylation sites (tertiary alicyclic amines) is 1. The minimum absolute atomic E-state index is 0. The van der Waals surface area contributed by atoms with Crippen molar-refractivity contribution < 1.29 is 9.53 Å². The molecule has 0 atom stereocenters.